The highest BCUT2D eigenvalue weighted by molar-refractivity contribution is 8.13. The van der Waals surface area contributed by atoms with E-state index in [-0.39, 0.29) is 0 Å². The lowest BCUT2D eigenvalue weighted by Crippen LogP contribution is -1.49. The lowest BCUT2D eigenvalue weighted by molar-refractivity contribution is 0.572. The first kappa shape index (κ1) is 4.93. The number of hydrogen-bond donors (Lipinski definition) is 0. The average Bonchev–Trinajstić information content (AvgIpc) is 1.38. The van der Waals surface area contributed by atoms with Gasteiger partial charge >= 0.3 is 0 Å². The van der Waals surface area contributed by atoms with Crippen molar-refractivity contribution >= 4 is 15.7 Å². The molecule has 2 heteroatoms. The van der Waals surface area contributed by atoms with Crippen LogP contribution in [0.15, 0.2) is 0 Å². The van der Waals surface area contributed by atoms with Crippen molar-refractivity contribution in [2.45, 2.75) is 0 Å². The van der Waals surface area contributed by atoms with E-state index >= 15 is 0 Å². The molecule has 0 bridgehead atoms. The van der Waals surface area contributed by atoms with Crippen molar-refractivity contribution < 1.29 is 4.79 Å². The summed E-state index contributed by atoms with van der Waals surface area (Å²) in [7, 11) is -0.680. The first-order valence-corrected chi connectivity index (χ1v) is 3.95. The van der Waals surface area contributed by atoms with Crippen molar-refractivity contribution in [3.8, 4) is 0 Å². The predicted octanol–water partition coefficient (Wildman–Crippen LogP) is 0.0467. The van der Waals surface area contributed by atoms with Crippen molar-refractivity contribution in [2.75, 3.05) is 12.5 Å². The molecule has 0 spiro atoms. The fourth-order valence-electron chi connectivity index (χ4n) is 0. The van der Waals surface area contributed by atoms with E-state index in [1.807, 2.05) is 17.7 Å². The molecule has 0 atom stereocenters. The summed E-state index contributed by atoms with van der Waals surface area (Å²) in [6.45, 7) is 0. The van der Waals surface area contributed by atoms with E-state index in [2.05, 4.69) is 0 Å². The SMILES string of the molecule is C[SH2](C)=C=O. The molecule has 0 aliphatic heterocycles. The molecule has 0 unspecified atom stereocenters. The molecule has 1 nitrogen and oxygen atoms in total. The first-order valence-electron chi connectivity index (χ1n) is 1.45. The smallest absolute Gasteiger partial charge is 0.133 e. The molecule has 0 heterocycles. The molecule has 0 aliphatic rings. The molecule has 0 radical (unpaired) electrons. The van der Waals surface area contributed by atoms with Crippen LogP contribution >= 0.6 is 10.5 Å². The second-order valence-corrected chi connectivity index (χ2v) is 3.31. The Kier molecular flexibility index (Phi) is 2.15. The third kappa shape index (κ3) is 3.93. The molecule has 0 aromatic heterocycles. The van der Waals surface area contributed by atoms with Gasteiger partial charge in [-0.1, -0.05) is 0 Å². The zero-order valence-corrected chi connectivity index (χ0v) is 4.41. The number of hydrogen-bond acceptors (Lipinski definition) is 1. The van der Waals surface area contributed by atoms with Gasteiger partial charge in [0.25, 0.3) is 0 Å². The maximum absolute atomic E-state index is 9.42. The third-order valence-corrected chi connectivity index (χ3v) is 0.612. The van der Waals surface area contributed by atoms with Crippen LogP contribution in [0.5, 0.6) is 0 Å². The molecule has 0 aromatic carbocycles. The largest absolute Gasteiger partial charge is 0.228 e. The van der Waals surface area contributed by atoms with Crippen LogP contribution in [0.2, 0.25) is 0 Å². The van der Waals surface area contributed by atoms with E-state index in [0.717, 1.165) is 0 Å². The van der Waals surface area contributed by atoms with Crippen molar-refractivity contribution in [3.63, 3.8) is 0 Å². The Balaban J connectivity index is 3.60. The third-order valence-electron chi connectivity index (χ3n) is 0.204. The molecule has 0 aromatic rings. The summed E-state index contributed by atoms with van der Waals surface area (Å²) in [5.41, 5.74) is 0. The molecule has 0 fully saturated rings. The molecule has 0 N–H and O–H groups in total. The summed E-state index contributed by atoms with van der Waals surface area (Å²) >= 11 is 0. The summed E-state index contributed by atoms with van der Waals surface area (Å²) in [5.74, 6) is 0. The fraction of sp³-hybridized carbons (Fsp3) is 0.667. The molecule has 0 saturated carbocycles. The minimum Gasteiger partial charge on any atom is -0.228 e. The minimum atomic E-state index is -0.680. The molecule has 0 aliphatic carbocycles. The van der Waals surface area contributed by atoms with Gasteiger partial charge in [-0.15, -0.1) is 0 Å². The van der Waals surface area contributed by atoms with Crippen LogP contribution in [0.4, 0.5) is 0 Å². The Bertz CT molecular complexity index is 67.0. The van der Waals surface area contributed by atoms with Crippen LogP contribution in [-0.4, -0.2) is 17.7 Å². The monoisotopic (exact) mass is 92.0 g/mol. The Morgan fingerprint density at radius 3 is 1.80 bits per heavy atom. The Labute approximate surface area is 33.9 Å². The van der Waals surface area contributed by atoms with Crippen LogP contribution in [-0.2, 0) is 4.79 Å². The van der Waals surface area contributed by atoms with Gasteiger partial charge in [0.15, 0.2) is 0 Å². The maximum atomic E-state index is 9.42. The summed E-state index contributed by atoms with van der Waals surface area (Å²) < 4.78 is 0. The van der Waals surface area contributed by atoms with Crippen molar-refractivity contribution in [1.82, 2.24) is 0 Å². The van der Waals surface area contributed by atoms with Crippen LogP contribution in [0, 0.1) is 0 Å². The topological polar surface area (TPSA) is 17.1 Å². The van der Waals surface area contributed by atoms with Gasteiger partial charge in [0, 0.05) is 0 Å². The van der Waals surface area contributed by atoms with Gasteiger partial charge < -0.3 is 0 Å². The van der Waals surface area contributed by atoms with Crippen LogP contribution in [0.3, 0.4) is 0 Å². The van der Waals surface area contributed by atoms with Gasteiger partial charge in [-0.2, -0.15) is 0 Å². The summed E-state index contributed by atoms with van der Waals surface area (Å²) in [4.78, 5) is 9.42. The molecule has 32 valence electrons. The Morgan fingerprint density at radius 2 is 1.80 bits per heavy atom. The van der Waals surface area contributed by atoms with Crippen LogP contribution < -0.4 is 0 Å². The number of rotatable bonds is 0. The van der Waals surface area contributed by atoms with Gasteiger partial charge in [0.2, 0.25) is 0 Å². The van der Waals surface area contributed by atoms with E-state index in [0.29, 0.717) is 0 Å². The minimum absolute atomic E-state index is 0.680. The van der Waals surface area contributed by atoms with Crippen molar-refractivity contribution in [3.05, 3.63) is 0 Å². The summed E-state index contributed by atoms with van der Waals surface area (Å²) in [6.07, 6.45) is 3.80. The highest BCUT2D eigenvalue weighted by Crippen LogP contribution is 1.87. The van der Waals surface area contributed by atoms with E-state index in [9.17, 15) is 4.79 Å². The van der Waals surface area contributed by atoms with Gasteiger partial charge in [0.1, 0.15) is 5.23 Å². The van der Waals surface area contributed by atoms with Gasteiger partial charge in [0.05, 0.1) is 0 Å². The Morgan fingerprint density at radius 1 is 1.60 bits per heavy atom. The van der Waals surface area contributed by atoms with Crippen LogP contribution in [0.1, 0.15) is 0 Å². The normalized spacial score (nSPS) is 9.60. The highest BCUT2D eigenvalue weighted by Gasteiger charge is 1.53. The Hall–Kier alpha value is -0.0700. The van der Waals surface area contributed by atoms with E-state index in [1.54, 1.807) is 0 Å². The summed E-state index contributed by atoms with van der Waals surface area (Å²) in [6, 6.07) is 0. The lowest BCUT2D eigenvalue weighted by Gasteiger charge is -1.72. The highest BCUT2D eigenvalue weighted by atomic mass is 32.2. The molecule has 0 saturated heterocycles. The van der Waals surface area contributed by atoms with E-state index in [4.69, 9.17) is 0 Å². The van der Waals surface area contributed by atoms with E-state index < -0.39 is 10.5 Å². The molecular weight excluding hydrogens is 84.1 g/mol. The average molecular weight is 92.2 g/mol. The molecule has 0 amide bonds. The molecule has 0 rings (SSSR count). The molecular formula is C3H8OS. The lowest BCUT2D eigenvalue weighted by atomic mass is 11.8. The van der Waals surface area contributed by atoms with Crippen LogP contribution in [0.25, 0.3) is 0 Å². The van der Waals surface area contributed by atoms with Gasteiger partial charge in [-0.3, -0.25) is 0 Å². The predicted molar refractivity (Wildman–Crippen MR) is 27.9 cm³/mol. The number of carbonyl (C=O) groups excluding carboxylic acids is 1. The fourth-order valence-corrected chi connectivity index (χ4v) is 0. The standard InChI is InChI=1S/C3H8OS/c1-5(2)3-4/h5H2,1-2H3. The van der Waals surface area contributed by atoms with Gasteiger partial charge in [-0.05, 0) is 12.5 Å². The zero-order valence-electron chi connectivity index (χ0n) is 3.41. The molecule has 5 heavy (non-hydrogen) atoms. The van der Waals surface area contributed by atoms with Crippen molar-refractivity contribution in [1.29, 1.82) is 0 Å². The van der Waals surface area contributed by atoms with E-state index in [1.165, 1.54) is 0 Å². The second-order valence-electron chi connectivity index (χ2n) is 1.10. The zero-order chi connectivity index (χ0) is 4.28. The second kappa shape index (κ2) is 2.18. The van der Waals surface area contributed by atoms with Gasteiger partial charge in [-0.25, -0.2) is 15.3 Å². The summed E-state index contributed by atoms with van der Waals surface area (Å²) in [5, 5.41) is 1.88. The maximum Gasteiger partial charge on any atom is 0.133 e. The quantitative estimate of drug-likeness (QED) is 0.386. The first-order chi connectivity index (χ1) is 2.27. The van der Waals surface area contributed by atoms with Crippen molar-refractivity contribution in [2.24, 2.45) is 0 Å².